The SMILES string of the molecule is CNC(=O)c1nn(-c2ccccc2)c(NC(=O)NC2c3cc(COC)ccc3C(C)(C)C[C@H]2O)c1C. The molecule has 1 aliphatic carbocycles. The number of nitrogens with one attached hydrogen (secondary N) is 3. The van der Waals surface area contributed by atoms with Crippen molar-refractivity contribution in [2.45, 2.75) is 51.4 Å². The molecule has 4 N–H and O–H groups in total. The van der Waals surface area contributed by atoms with Crippen LogP contribution in [0.3, 0.4) is 0 Å². The summed E-state index contributed by atoms with van der Waals surface area (Å²) in [6.07, 6.45) is -0.284. The number of methoxy groups -OCH3 is 1. The van der Waals surface area contributed by atoms with Gasteiger partial charge in [0.15, 0.2) is 5.69 Å². The Hall–Kier alpha value is -3.69. The van der Waals surface area contributed by atoms with Crippen molar-refractivity contribution in [1.82, 2.24) is 20.4 Å². The van der Waals surface area contributed by atoms with E-state index in [0.717, 1.165) is 16.7 Å². The van der Waals surface area contributed by atoms with Crippen LogP contribution in [-0.4, -0.2) is 47.1 Å². The van der Waals surface area contributed by atoms with Gasteiger partial charge in [0.1, 0.15) is 5.82 Å². The van der Waals surface area contributed by atoms with Gasteiger partial charge in [-0.25, -0.2) is 9.48 Å². The van der Waals surface area contributed by atoms with E-state index in [0.29, 0.717) is 30.1 Å². The number of hydrogen-bond acceptors (Lipinski definition) is 5. The predicted octanol–water partition coefficient (Wildman–Crippen LogP) is 3.59. The lowest BCUT2D eigenvalue weighted by molar-refractivity contribution is 0.0880. The van der Waals surface area contributed by atoms with E-state index in [-0.39, 0.29) is 17.0 Å². The van der Waals surface area contributed by atoms with Gasteiger partial charge in [0.2, 0.25) is 0 Å². The number of aromatic nitrogens is 2. The summed E-state index contributed by atoms with van der Waals surface area (Å²) in [6.45, 7) is 6.34. The number of urea groups is 1. The fraction of sp³-hybridized carbons (Fsp3) is 0.370. The lowest BCUT2D eigenvalue weighted by Crippen LogP contribution is -2.45. The van der Waals surface area contributed by atoms with Gasteiger partial charge >= 0.3 is 6.03 Å². The molecular formula is C27H33N5O4. The van der Waals surface area contributed by atoms with Gasteiger partial charge in [-0.05, 0) is 47.6 Å². The lowest BCUT2D eigenvalue weighted by Gasteiger charge is -2.41. The number of aliphatic hydroxyl groups is 1. The highest BCUT2D eigenvalue weighted by Gasteiger charge is 2.39. The van der Waals surface area contributed by atoms with E-state index in [1.54, 1.807) is 14.0 Å². The number of fused-ring (bicyclic) bond motifs is 1. The van der Waals surface area contributed by atoms with Crippen molar-refractivity contribution in [2.24, 2.45) is 0 Å². The van der Waals surface area contributed by atoms with Crippen LogP contribution in [0.25, 0.3) is 5.69 Å². The Kier molecular flexibility index (Phi) is 7.14. The molecular weight excluding hydrogens is 458 g/mol. The molecule has 0 spiro atoms. The molecule has 3 amide bonds. The summed E-state index contributed by atoms with van der Waals surface area (Å²) in [7, 11) is 3.16. The molecule has 1 aliphatic rings. The van der Waals surface area contributed by atoms with E-state index < -0.39 is 18.2 Å². The van der Waals surface area contributed by atoms with E-state index in [1.807, 2.05) is 48.5 Å². The first-order valence-electron chi connectivity index (χ1n) is 11.9. The smallest absolute Gasteiger partial charge is 0.320 e. The second kappa shape index (κ2) is 10.1. The summed E-state index contributed by atoms with van der Waals surface area (Å²) in [6, 6.07) is 14.2. The maximum atomic E-state index is 13.3. The highest BCUT2D eigenvalue weighted by molar-refractivity contribution is 5.97. The Balaban J connectivity index is 1.67. The van der Waals surface area contributed by atoms with E-state index in [9.17, 15) is 14.7 Å². The molecule has 4 rings (SSSR count). The fourth-order valence-electron chi connectivity index (χ4n) is 4.89. The van der Waals surface area contributed by atoms with Crippen LogP contribution >= 0.6 is 0 Å². The highest BCUT2D eigenvalue weighted by atomic mass is 16.5. The standard InChI is InChI=1S/C27H33N5O4/c1-16-22(25(34)28-4)31-32(18-9-7-6-8-10-18)24(16)30-26(35)29-23-19-13-17(15-36-5)11-12-20(19)27(2,3)14-21(23)33/h6-13,21,23,33H,14-15H2,1-5H3,(H,28,34)(H2,29,30,35)/t21-,23?/m1/s1. The van der Waals surface area contributed by atoms with Crippen LogP contribution in [0.2, 0.25) is 0 Å². The van der Waals surface area contributed by atoms with Crippen molar-refractivity contribution in [3.8, 4) is 5.69 Å². The summed E-state index contributed by atoms with van der Waals surface area (Å²) in [5.74, 6) is 0.0199. The number of nitrogens with zero attached hydrogens (tertiary/aromatic N) is 2. The number of aliphatic hydroxyl groups excluding tert-OH is 1. The monoisotopic (exact) mass is 491 g/mol. The minimum atomic E-state index is -0.780. The first-order chi connectivity index (χ1) is 17.2. The Labute approximate surface area is 210 Å². The van der Waals surface area contributed by atoms with Crippen LogP contribution in [0.1, 0.15) is 59.1 Å². The number of carbonyl (C=O) groups excluding carboxylic acids is 2. The average molecular weight is 492 g/mol. The third kappa shape index (κ3) is 4.84. The van der Waals surface area contributed by atoms with Gasteiger partial charge in [0.25, 0.3) is 5.91 Å². The molecule has 0 fully saturated rings. The van der Waals surface area contributed by atoms with Gasteiger partial charge in [-0.3, -0.25) is 10.1 Å². The number of ether oxygens (including phenoxy) is 1. The van der Waals surface area contributed by atoms with Crippen LogP contribution in [0, 0.1) is 6.92 Å². The minimum absolute atomic E-state index is 0.214. The van der Waals surface area contributed by atoms with Crippen molar-refractivity contribution in [1.29, 1.82) is 0 Å². The highest BCUT2D eigenvalue weighted by Crippen LogP contribution is 2.42. The van der Waals surface area contributed by atoms with Crippen LogP contribution in [0.4, 0.5) is 10.6 Å². The van der Waals surface area contributed by atoms with Gasteiger partial charge in [0.05, 0.1) is 24.4 Å². The topological polar surface area (TPSA) is 118 Å². The van der Waals surface area contributed by atoms with E-state index in [4.69, 9.17) is 4.74 Å². The first-order valence-corrected chi connectivity index (χ1v) is 11.9. The zero-order chi connectivity index (χ0) is 26.0. The summed E-state index contributed by atoms with van der Waals surface area (Å²) in [5.41, 5.74) is 4.09. The molecule has 190 valence electrons. The number of benzene rings is 2. The van der Waals surface area contributed by atoms with Crippen molar-refractivity contribution in [2.75, 3.05) is 19.5 Å². The third-order valence-electron chi connectivity index (χ3n) is 6.68. The second-order valence-corrected chi connectivity index (χ2v) is 9.73. The molecule has 36 heavy (non-hydrogen) atoms. The maximum Gasteiger partial charge on any atom is 0.320 e. The van der Waals surface area contributed by atoms with Crippen LogP contribution in [0.5, 0.6) is 0 Å². The number of anilines is 1. The minimum Gasteiger partial charge on any atom is -0.391 e. The quantitative estimate of drug-likeness (QED) is 0.420. The molecule has 1 unspecified atom stereocenters. The molecule has 0 aliphatic heterocycles. The van der Waals surface area contributed by atoms with Gasteiger partial charge in [0, 0.05) is 19.7 Å². The van der Waals surface area contributed by atoms with Crippen molar-refractivity contribution < 1.29 is 19.4 Å². The Morgan fingerprint density at radius 1 is 1.19 bits per heavy atom. The summed E-state index contributed by atoms with van der Waals surface area (Å²) in [5, 5.41) is 23.9. The molecule has 2 atom stereocenters. The normalized spacial score (nSPS) is 18.3. The van der Waals surface area contributed by atoms with Gasteiger partial charge in [-0.15, -0.1) is 0 Å². The number of rotatable bonds is 6. The first kappa shape index (κ1) is 25.4. The van der Waals surface area contributed by atoms with Gasteiger partial charge in [-0.2, -0.15) is 5.10 Å². The molecule has 3 aromatic rings. The van der Waals surface area contributed by atoms with E-state index in [2.05, 4.69) is 34.9 Å². The Morgan fingerprint density at radius 3 is 2.58 bits per heavy atom. The predicted molar refractivity (Wildman–Crippen MR) is 137 cm³/mol. The van der Waals surface area contributed by atoms with Gasteiger partial charge in [-0.1, -0.05) is 50.2 Å². The molecule has 1 aromatic heterocycles. The molecule has 0 saturated carbocycles. The zero-order valence-electron chi connectivity index (χ0n) is 21.3. The molecule has 1 heterocycles. The molecule has 0 radical (unpaired) electrons. The van der Waals surface area contributed by atoms with Crippen LogP contribution < -0.4 is 16.0 Å². The summed E-state index contributed by atoms with van der Waals surface area (Å²) < 4.78 is 6.82. The van der Waals surface area contributed by atoms with E-state index in [1.165, 1.54) is 11.7 Å². The zero-order valence-corrected chi connectivity index (χ0v) is 21.3. The summed E-state index contributed by atoms with van der Waals surface area (Å²) in [4.78, 5) is 25.7. The Bertz CT molecular complexity index is 1270. The van der Waals surface area contributed by atoms with E-state index >= 15 is 0 Å². The van der Waals surface area contributed by atoms with Crippen molar-refractivity contribution in [3.63, 3.8) is 0 Å². The number of carbonyl (C=O) groups is 2. The van der Waals surface area contributed by atoms with Crippen LogP contribution in [0.15, 0.2) is 48.5 Å². The van der Waals surface area contributed by atoms with Crippen molar-refractivity contribution in [3.05, 3.63) is 76.5 Å². The lowest BCUT2D eigenvalue weighted by atomic mass is 9.69. The number of amides is 3. The van der Waals surface area contributed by atoms with Crippen LogP contribution in [-0.2, 0) is 16.8 Å². The largest absolute Gasteiger partial charge is 0.391 e. The average Bonchev–Trinajstić information content (AvgIpc) is 3.17. The molecule has 2 aromatic carbocycles. The molecule has 0 bridgehead atoms. The molecule has 9 nitrogen and oxygen atoms in total. The van der Waals surface area contributed by atoms with Crippen molar-refractivity contribution >= 4 is 17.8 Å². The number of hydrogen-bond donors (Lipinski definition) is 4. The molecule has 9 heteroatoms. The Morgan fingerprint density at radius 2 is 1.92 bits per heavy atom. The third-order valence-corrected chi connectivity index (χ3v) is 6.68. The summed E-state index contributed by atoms with van der Waals surface area (Å²) >= 11 is 0. The maximum absolute atomic E-state index is 13.3. The molecule has 0 saturated heterocycles. The second-order valence-electron chi connectivity index (χ2n) is 9.73. The fourth-order valence-corrected chi connectivity index (χ4v) is 4.89. The van der Waals surface area contributed by atoms with Gasteiger partial charge < -0.3 is 20.5 Å². The number of para-hydroxylation sites is 1.